The number of benzene rings is 1. The minimum absolute atomic E-state index is 0.0336. The van der Waals surface area contributed by atoms with Crippen LogP contribution in [0.3, 0.4) is 0 Å². The molecular weight excluding hydrogens is 430 g/mol. The summed E-state index contributed by atoms with van der Waals surface area (Å²) in [6, 6.07) is 7.41. The second-order valence-corrected chi connectivity index (χ2v) is 8.90. The lowest BCUT2D eigenvalue weighted by Crippen LogP contribution is -2.48. The number of carbonyl (C=O) groups excluding carboxylic acids is 2. The van der Waals surface area contributed by atoms with E-state index < -0.39 is 0 Å². The van der Waals surface area contributed by atoms with E-state index in [1.807, 2.05) is 24.3 Å². The fourth-order valence-electron chi connectivity index (χ4n) is 2.86. The molecule has 0 spiro atoms. The van der Waals surface area contributed by atoms with Gasteiger partial charge in [-0.3, -0.25) is 14.5 Å². The molecule has 6 nitrogen and oxygen atoms in total. The Morgan fingerprint density at radius 2 is 2.11 bits per heavy atom. The van der Waals surface area contributed by atoms with Gasteiger partial charge in [-0.1, -0.05) is 35.8 Å². The maximum Gasteiger partial charge on any atom is 0.234 e. The van der Waals surface area contributed by atoms with Gasteiger partial charge in [-0.2, -0.15) is 0 Å². The fourth-order valence-corrected chi connectivity index (χ4v) is 3.91. The number of morpholine rings is 1. The number of thioether (sulfide) groups is 1. The summed E-state index contributed by atoms with van der Waals surface area (Å²) in [5.74, 6) is 0.930. The van der Waals surface area contributed by atoms with E-state index in [-0.39, 0.29) is 29.4 Å². The van der Waals surface area contributed by atoms with E-state index in [1.165, 1.54) is 11.8 Å². The molecular formula is C19H28BrN3O3S. The molecule has 2 amide bonds. The van der Waals surface area contributed by atoms with Crippen molar-refractivity contribution in [3.05, 3.63) is 28.7 Å². The van der Waals surface area contributed by atoms with Crippen molar-refractivity contribution in [3.63, 3.8) is 0 Å². The second kappa shape index (κ2) is 11.7. The molecule has 1 atom stereocenters. The van der Waals surface area contributed by atoms with Crippen molar-refractivity contribution in [1.29, 1.82) is 0 Å². The highest BCUT2D eigenvalue weighted by atomic mass is 79.9. The summed E-state index contributed by atoms with van der Waals surface area (Å²) >= 11 is 4.67. The first-order valence-corrected chi connectivity index (χ1v) is 11.1. The summed E-state index contributed by atoms with van der Waals surface area (Å²) in [7, 11) is 0. The highest BCUT2D eigenvalue weighted by Crippen LogP contribution is 2.16. The highest BCUT2D eigenvalue weighted by molar-refractivity contribution is 9.10. The van der Waals surface area contributed by atoms with Crippen LogP contribution in [0.15, 0.2) is 28.7 Å². The van der Waals surface area contributed by atoms with Crippen molar-refractivity contribution in [2.24, 2.45) is 5.92 Å². The van der Waals surface area contributed by atoms with E-state index >= 15 is 0 Å². The zero-order valence-electron chi connectivity index (χ0n) is 15.9. The number of nitrogens with one attached hydrogen (secondary N) is 2. The van der Waals surface area contributed by atoms with Crippen LogP contribution < -0.4 is 10.6 Å². The molecule has 0 radical (unpaired) electrons. The Bertz CT molecular complexity index is 630. The monoisotopic (exact) mass is 457 g/mol. The molecule has 1 aliphatic heterocycles. The Hall–Kier alpha value is -1.09. The lowest BCUT2D eigenvalue weighted by atomic mass is 10.2. The van der Waals surface area contributed by atoms with E-state index in [9.17, 15) is 9.59 Å². The minimum Gasteiger partial charge on any atom is -0.374 e. The summed E-state index contributed by atoms with van der Waals surface area (Å²) in [5.41, 5.74) is 0.736. The van der Waals surface area contributed by atoms with Crippen LogP contribution in [0.5, 0.6) is 0 Å². The molecule has 1 saturated heterocycles. The molecule has 1 aromatic rings. The Morgan fingerprint density at radius 1 is 1.33 bits per heavy atom. The maximum absolute atomic E-state index is 12.0. The van der Waals surface area contributed by atoms with Crippen molar-refractivity contribution < 1.29 is 14.3 Å². The van der Waals surface area contributed by atoms with Crippen molar-refractivity contribution >= 4 is 45.2 Å². The molecule has 8 heteroatoms. The van der Waals surface area contributed by atoms with E-state index in [2.05, 4.69) is 45.3 Å². The van der Waals surface area contributed by atoms with Gasteiger partial charge in [0.15, 0.2) is 0 Å². The summed E-state index contributed by atoms with van der Waals surface area (Å²) in [4.78, 5) is 26.3. The summed E-state index contributed by atoms with van der Waals surface area (Å²) < 4.78 is 6.63. The van der Waals surface area contributed by atoms with Gasteiger partial charge in [-0.25, -0.2) is 0 Å². The molecule has 0 saturated carbocycles. The lowest BCUT2D eigenvalue weighted by Gasteiger charge is -2.33. The number of rotatable bonds is 9. The van der Waals surface area contributed by atoms with Gasteiger partial charge >= 0.3 is 0 Å². The standard InChI is InChI=1S/C19H28BrN3O3S/c1-14(2)10-23-6-7-26-17(11-23)9-21-18(24)12-27-13-19(25)22-16-5-3-4-15(20)8-16/h3-5,8,14,17H,6-7,9-13H2,1-2H3,(H,21,24)(H,22,25). The fraction of sp³-hybridized carbons (Fsp3) is 0.579. The molecule has 1 unspecified atom stereocenters. The predicted molar refractivity (Wildman–Crippen MR) is 114 cm³/mol. The van der Waals surface area contributed by atoms with E-state index in [1.54, 1.807) is 0 Å². The largest absolute Gasteiger partial charge is 0.374 e. The zero-order chi connectivity index (χ0) is 19.6. The third-order valence-electron chi connectivity index (χ3n) is 3.95. The zero-order valence-corrected chi connectivity index (χ0v) is 18.3. The SMILES string of the molecule is CC(C)CN1CCOC(CNC(=O)CSCC(=O)Nc2cccc(Br)c2)C1. The molecule has 1 heterocycles. The number of carbonyl (C=O) groups is 2. The number of anilines is 1. The van der Waals surface area contributed by atoms with Crippen molar-refractivity contribution in [2.75, 3.05) is 49.6 Å². The normalized spacial score (nSPS) is 17.7. The summed E-state index contributed by atoms with van der Waals surface area (Å²) in [5, 5.41) is 5.72. The molecule has 1 fully saturated rings. The van der Waals surface area contributed by atoms with Gasteiger partial charge in [0.25, 0.3) is 0 Å². The van der Waals surface area contributed by atoms with Gasteiger partial charge in [0, 0.05) is 36.3 Å². The molecule has 0 aliphatic carbocycles. The number of ether oxygens (including phenoxy) is 1. The average Bonchev–Trinajstić information content (AvgIpc) is 2.60. The molecule has 2 N–H and O–H groups in total. The Labute approximate surface area is 173 Å². The Balaban J connectivity index is 1.60. The van der Waals surface area contributed by atoms with Gasteiger partial charge in [0.05, 0.1) is 24.2 Å². The van der Waals surface area contributed by atoms with Gasteiger partial charge in [0.2, 0.25) is 11.8 Å². The number of halogens is 1. The van der Waals surface area contributed by atoms with Crippen LogP contribution in [0.1, 0.15) is 13.8 Å². The first kappa shape index (κ1) is 22.2. The molecule has 27 heavy (non-hydrogen) atoms. The first-order valence-electron chi connectivity index (χ1n) is 9.16. The van der Waals surface area contributed by atoms with E-state index in [0.717, 1.165) is 29.8 Å². The quantitative estimate of drug-likeness (QED) is 0.596. The third-order valence-corrected chi connectivity index (χ3v) is 5.37. The number of hydrogen-bond acceptors (Lipinski definition) is 5. The van der Waals surface area contributed by atoms with Gasteiger partial charge in [-0.15, -0.1) is 11.8 Å². The van der Waals surface area contributed by atoms with Crippen LogP contribution in [0.4, 0.5) is 5.69 Å². The molecule has 1 aliphatic rings. The van der Waals surface area contributed by atoms with Crippen LogP contribution in [0, 0.1) is 5.92 Å². The van der Waals surface area contributed by atoms with Crippen LogP contribution in [0.25, 0.3) is 0 Å². The van der Waals surface area contributed by atoms with Crippen LogP contribution in [-0.2, 0) is 14.3 Å². The topological polar surface area (TPSA) is 70.7 Å². The predicted octanol–water partition coefficient (Wildman–Crippen LogP) is 2.59. The minimum atomic E-state index is -0.120. The highest BCUT2D eigenvalue weighted by Gasteiger charge is 2.21. The van der Waals surface area contributed by atoms with Crippen molar-refractivity contribution in [1.82, 2.24) is 10.2 Å². The maximum atomic E-state index is 12.0. The number of nitrogens with zero attached hydrogens (tertiary/aromatic N) is 1. The molecule has 150 valence electrons. The second-order valence-electron chi connectivity index (χ2n) is 7.00. The molecule has 0 bridgehead atoms. The molecule has 0 aromatic heterocycles. The lowest BCUT2D eigenvalue weighted by molar-refractivity contribution is -0.119. The Kier molecular flexibility index (Phi) is 9.61. The van der Waals surface area contributed by atoms with Gasteiger partial charge in [0.1, 0.15) is 0 Å². The molecule has 2 rings (SSSR count). The van der Waals surface area contributed by atoms with E-state index in [4.69, 9.17) is 4.74 Å². The summed E-state index contributed by atoms with van der Waals surface area (Å²) in [6.45, 7) is 8.48. The van der Waals surface area contributed by atoms with Crippen molar-refractivity contribution in [2.45, 2.75) is 20.0 Å². The third kappa shape index (κ3) is 9.10. The van der Waals surface area contributed by atoms with Crippen molar-refractivity contribution in [3.8, 4) is 0 Å². The van der Waals surface area contributed by atoms with E-state index in [0.29, 0.717) is 19.1 Å². The van der Waals surface area contributed by atoms with Gasteiger partial charge < -0.3 is 15.4 Å². The van der Waals surface area contributed by atoms with Gasteiger partial charge in [-0.05, 0) is 24.1 Å². The number of hydrogen-bond donors (Lipinski definition) is 2. The van der Waals surface area contributed by atoms with Crippen LogP contribution in [0.2, 0.25) is 0 Å². The smallest absolute Gasteiger partial charge is 0.234 e. The average molecular weight is 458 g/mol. The first-order chi connectivity index (χ1) is 12.9. The number of amides is 2. The van der Waals surface area contributed by atoms with Crippen LogP contribution in [-0.4, -0.2) is 67.1 Å². The Morgan fingerprint density at radius 3 is 2.85 bits per heavy atom. The molecule has 1 aromatic carbocycles. The summed E-state index contributed by atoms with van der Waals surface area (Å²) in [6.07, 6.45) is 0.0336. The van der Waals surface area contributed by atoms with Crippen LogP contribution >= 0.6 is 27.7 Å².